The fraction of sp³-hybridized carbons (Fsp3) is 0.440. The molecule has 5 rings (SSSR count). The van der Waals surface area contributed by atoms with Crippen LogP contribution in [-0.4, -0.2) is 75.3 Å². The third-order valence-corrected chi connectivity index (χ3v) is 6.62. The minimum absolute atomic E-state index is 0.0502. The molecule has 2 saturated heterocycles. The maximum absolute atomic E-state index is 15.8. The molecular formula is C25H27F3N6O2. The summed E-state index contributed by atoms with van der Waals surface area (Å²) in [5, 5.41) is 6.93. The molecule has 0 radical (unpaired) electrons. The van der Waals surface area contributed by atoms with Crippen molar-refractivity contribution in [1.29, 1.82) is 0 Å². The number of carbonyl (C=O) groups is 1. The van der Waals surface area contributed by atoms with E-state index in [0.29, 0.717) is 23.0 Å². The second-order valence-electron chi connectivity index (χ2n) is 9.29. The van der Waals surface area contributed by atoms with Crippen molar-refractivity contribution in [3.8, 4) is 11.5 Å². The van der Waals surface area contributed by atoms with Gasteiger partial charge < -0.3 is 14.2 Å². The lowest BCUT2D eigenvalue weighted by molar-refractivity contribution is -0.150. The zero-order valence-corrected chi connectivity index (χ0v) is 19.9. The van der Waals surface area contributed by atoms with Crippen LogP contribution in [0.25, 0.3) is 11.5 Å². The molecular weight excluding hydrogens is 473 g/mol. The van der Waals surface area contributed by atoms with Crippen LogP contribution in [-0.2, 0) is 11.3 Å². The Hall–Kier alpha value is -3.31. The first-order valence-electron chi connectivity index (χ1n) is 12.0. The van der Waals surface area contributed by atoms with Crippen molar-refractivity contribution in [2.24, 2.45) is 0 Å². The molecule has 11 heteroatoms. The fourth-order valence-electron chi connectivity index (χ4n) is 4.64. The molecule has 0 N–H and O–H groups in total. The zero-order chi connectivity index (χ0) is 25.3. The molecule has 2 aliphatic rings. The molecule has 36 heavy (non-hydrogen) atoms. The molecule has 0 bridgehead atoms. The predicted octanol–water partition coefficient (Wildman–Crippen LogP) is 3.72. The Morgan fingerprint density at radius 2 is 1.92 bits per heavy atom. The number of halogens is 3. The molecule has 0 unspecified atom stereocenters. The molecule has 4 heterocycles. The highest BCUT2D eigenvalue weighted by molar-refractivity contribution is 6.00. The number of likely N-dealkylation sites (tertiary alicyclic amines) is 2. The van der Waals surface area contributed by atoms with Gasteiger partial charge in [0.15, 0.2) is 0 Å². The van der Waals surface area contributed by atoms with Gasteiger partial charge in [-0.1, -0.05) is 25.1 Å². The van der Waals surface area contributed by atoms with Crippen molar-refractivity contribution in [2.75, 3.05) is 37.6 Å². The Kier molecular flexibility index (Phi) is 6.76. The lowest BCUT2D eigenvalue weighted by atomic mass is 9.90. The molecule has 0 atom stereocenters. The summed E-state index contributed by atoms with van der Waals surface area (Å²) in [6, 6.07) is 12.4. The van der Waals surface area contributed by atoms with Crippen LogP contribution < -0.4 is 4.90 Å². The molecule has 2 fully saturated rings. The van der Waals surface area contributed by atoms with Gasteiger partial charge in [-0.05, 0) is 37.2 Å². The maximum atomic E-state index is 15.8. The van der Waals surface area contributed by atoms with E-state index in [2.05, 4.69) is 27.0 Å². The highest BCUT2D eigenvalue weighted by atomic mass is 19.3. The van der Waals surface area contributed by atoms with Gasteiger partial charge in [0.2, 0.25) is 11.6 Å². The minimum atomic E-state index is -2.86. The quantitative estimate of drug-likeness (QED) is 0.443. The molecule has 190 valence electrons. The fourth-order valence-corrected chi connectivity index (χ4v) is 4.64. The molecule has 2 aliphatic heterocycles. The molecule has 3 aromatic rings. The average molecular weight is 501 g/mol. The summed E-state index contributed by atoms with van der Waals surface area (Å²) in [6.45, 7) is 5.21. The van der Waals surface area contributed by atoms with Crippen LogP contribution >= 0.6 is 0 Å². The molecule has 8 nitrogen and oxygen atoms in total. The highest BCUT2D eigenvalue weighted by Crippen LogP contribution is 2.34. The van der Waals surface area contributed by atoms with Crippen LogP contribution in [0.3, 0.4) is 0 Å². The average Bonchev–Trinajstić information content (AvgIpc) is 3.34. The third-order valence-electron chi connectivity index (χ3n) is 6.62. The van der Waals surface area contributed by atoms with Gasteiger partial charge in [0, 0.05) is 44.1 Å². The molecule has 0 saturated carbocycles. The monoisotopic (exact) mass is 500 g/mol. The van der Waals surface area contributed by atoms with E-state index in [1.54, 1.807) is 36.4 Å². The largest absolute Gasteiger partial charge is 0.415 e. The number of pyridine rings is 1. The first-order chi connectivity index (χ1) is 17.4. The number of para-hydroxylation sites is 1. The van der Waals surface area contributed by atoms with Gasteiger partial charge in [0.05, 0.1) is 17.8 Å². The van der Waals surface area contributed by atoms with E-state index in [-0.39, 0.29) is 25.5 Å². The van der Waals surface area contributed by atoms with Crippen molar-refractivity contribution in [2.45, 2.75) is 38.0 Å². The van der Waals surface area contributed by atoms with E-state index >= 15 is 4.39 Å². The van der Waals surface area contributed by atoms with E-state index in [1.807, 2.05) is 11.0 Å². The number of carbonyl (C=O) groups excluding carboxylic acids is 1. The van der Waals surface area contributed by atoms with E-state index in [4.69, 9.17) is 4.42 Å². The Morgan fingerprint density at radius 3 is 2.53 bits per heavy atom. The standard InChI is InChI=1S/C25H27F3N6O2/c1-2-10-32-13-20(14-32)33-15-25(28,16-33)24(35)34(19-6-4-3-5-7-19)12-18-9-8-17(11-29-18)22-30-31-23(36-22)21(26)27/h3-9,11,20-21H,2,10,12-16H2,1H3. The third kappa shape index (κ3) is 4.85. The highest BCUT2D eigenvalue weighted by Gasteiger charge is 2.55. The molecule has 2 aromatic heterocycles. The number of aromatic nitrogens is 3. The maximum Gasteiger partial charge on any atom is 0.314 e. The Labute approximate surface area is 206 Å². The minimum Gasteiger partial charge on any atom is -0.415 e. The lowest BCUT2D eigenvalue weighted by Gasteiger charge is -2.54. The van der Waals surface area contributed by atoms with Crippen LogP contribution in [0.2, 0.25) is 0 Å². The number of anilines is 1. The van der Waals surface area contributed by atoms with E-state index in [0.717, 1.165) is 26.1 Å². The first-order valence-corrected chi connectivity index (χ1v) is 12.0. The van der Waals surface area contributed by atoms with Crippen molar-refractivity contribution >= 4 is 11.6 Å². The summed E-state index contributed by atoms with van der Waals surface area (Å²) in [4.78, 5) is 23.5. The van der Waals surface area contributed by atoms with Crippen molar-refractivity contribution in [3.05, 3.63) is 60.2 Å². The van der Waals surface area contributed by atoms with Gasteiger partial charge in [0.25, 0.3) is 11.8 Å². The van der Waals surface area contributed by atoms with E-state index in [9.17, 15) is 13.6 Å². The van der Waals surface area contributed by atoms with Crippen molar-refractivity contribution in [1.82, 2.24) is 25.0 Å². The summed E-state index contributed by atoms with van der Waals surface area (Å²) in [6.07, 6.45) is -0.370. The van der Waals surface area contributed by atoms with Crippen LogP contribution in [0.4, 0.5) is 18.9 Å². The van der Waals surface area contributed by atoms with Gasteiger partial charge in [0.1, 0.15) is 0 Å². The number of alkyl halides is 3. The number of hydrogen-bond acceptors (Lipinski definition) is 7. The molecule has 0 aliphatic carbocycles. The van der Waals surface area contributed by atoms with E-state index < -0.39 is 23.9 Å². The van der Waals surface area contributed by atoms with Crippen molar-refractivity contribution in [3.63, 3.8) is 0 Å². The Balaban J connectivity index is 1.28. The normalized spacial score (nSPS) is 18.1. The first kappa shape index (κ1) is 24.4. The summed E-state index contributed by atoms with van der Waals surface area (Å²) in [7, 11) is 0. The Morgan fingerprint density at radius 1 is 1.17 bits per heavy atom. The predicted molar refractivity (Wildman–Crippen MR) is 126 cm³/mol. The number of hydrogen-bond donors (Lipinski definition) is 0. The molecule has 1 amide bonds. The number of nitrogens with zero attached hydrogens (tertiary/aromatic N) is 6. The summed E-state index contributed by atoms with van der Waals surface area (Å²) < 4.78 is 46.2. The van der Waals surface area contributed by atoms with Crippen LogP contribution in [0.1, 0.15) is 31.4 Å². The second-order valence-corrected chi connectivity index (χ2v) is 9.29. The Bertz CT molecular complexity index is 1180. The topological polar surface area (TPSA) is 78.6 Å². The number of benzene rings is 1. The van der Waals surface area contributed by atoms with Gasteiger partial charge >= 0.3 is 6.43 Å². The second kappa shape index (κ2) is 9.98. The number of rotatable bonds is 9. The van der Waals surface area contributed by atoms with Gasteiger partial charge in [-0.15, -0.1) is 10.2 Å². The molecule has 0 spiro atoms. The van der Waals surface area contributed by atoms with E-state index in [1.165, 1.54) is 11.1 Å². The summed E-state index contributed by atoms with van der Waals surface area (Å²) >= 11 is 0. The summed E-state index contributed by atoms with van der Waals surface area (Å²) in [5.74, 6) is -1.44. The van der Waals surface area contributed by atoms with Crippen LogP contribution in [0.5, 0.6) is 0 Å². The SMILES string of the molecule is CCCN1CC(N2CC(F)(C(=O)N(Cc3ccc(-c4nnc(C(F)F)o4)cn3)c3ccccc3)C2)C1. The molecule has 1 aromatic carbocycles. The lowest BCUT2D eigenvalue weighted by Crippen LogP contribution is -2.73. The zero-order valence-electron chi connectivity index (χ0n) is 19.9. The summed E-state index contributed by atoms with van der Waals surface area (Å²) in [5.41, 5.74) is -0.528. The van der Waals surface area contributed by atoms with Crippen LogP contribution in [0.15, 0.2) is 53.1 Å². The van der Waals surface area contributed by atoms with Crippen LogP contribution in [0, 0.1) is 0 Å². The van der Waals surface area contributed by atoms with Gasteiger partial charge in [-0.2, -0.15) is 8.78 Å². The van der Waals surface area contributed by atoms with Gasteiger partial charge in [-0.3, -0.25) is 14.7 Å². The smallest absolute Gasteiger partial charge is 0.314 e. The van der Waals surface area contributed by atoms with Gasteiger partial charge in [-0.25, -0.2) is 4.39 Å². The van der Waals surface area contributed by atoms with Crippen molar-refractivity contribution < 1.29 is 22.4 Å². The number of amides is 1.